The molecule has 10 heteroatoms. The molecule has 0 bridgehead atoms. The van der Waals surface area contributed by atoms with Crippen molar-refractivity contribution >= 4 is 15.7 Å². The molecule has 0 spiro atoms. The number of nitrogens with zero attached hydrogens (tertiary/aromatic N) is 3. The van der Waals surface area contributed by atoms with Gasteiger partial charge in [-0.25, -0.2) is 17.2 Å². The van der Waals surface area contributed by atoms with Crippen molar-refractivity contribution in [3.63, 3.8) is 0 Å². The Balaban J connectivity index is 1.10. The third kappa shape index (κ3) is 7.04. The maximum absolute atomic E-state index is 13.6. The van der Waals surface area contributed by atoms with Gasteiger partial charge in [0, 0.05) is 19.2 Å². The number of benzene rings is 3. The second-order valence-corrected chi connectivity index (χ2v) is 13.4. The molecule has 0 radical (unpaired) electrons. The SMILES string of the molecule is O=[N+]([O-])c1ccccc1S(=O)(=O)N1CCC(CCCC2CCN(C(c3ccc(F)cc3)c3ccc(F)cc3)CC2)CC1. The van der Waals surface area contributed by atoms with Crippen LogP contribution in [0.15, 0.2) is 77.7 Å². The molecule has 0 aliphatic carbocycles. The van der Waals surface area contributed by atoms with Gasteiger partial charge in [-0.1, -0.05) is 55.7 Å². The first-order chi connectivity index (χ1) is 20.2. The maximum atomic E-state index is 13.6. The van der Waals surface area contributed by atoms with E-state index in [-0.39, 0.29) is 28.3 Å². The number of halogens is 2. The number of sulfonamides is 1. The molecule has 0 unspecified atom stereocenters. The molecule has 3 aromatic carbocycles. The highest BCUT2D eigenvalue weighted by Crippen LogP contribution is 2.35. The Morgan fingerprint density at radius 1 is 0.762 bits per heavy atom. The van der Waals surface area contributed by atoms with E-state index in [1.807, 2.05) is 24.3 Å². The molecule has 2 saturated heterocycles. The molecule has 2 fully saturated rings. The van der Waals surface area contributed by atoms with Crippen LogP contribution in [0.4, 0.5) is 14.5 Å². The fourth-order valence-electron chi connectivity index (χ4n) is 6.50. The van der Waals surface area contributed by atoms with E-state index < -0.39 is 14.9 Å². The Hall–Kier alpha value is -3.21. The molecule has 0 aromatic heterocycles. The third-order valence-corrected chi connectivity index (χ3v) is 10.8. The van der Waals surface area contributed by atoms with Crippen molar-refractivity contribution in [3.05, 3.63) is 106 Å². The number of likely N-dealkylation sites (tertiary alicyclic amines) is 1. The molecule has 0 saturated carbocycles. The quantitative estimate of drug-likeness (QED) is 0.187. The molecule has 224 valence electrons. The highest BCUT2D eigenvalue weighted by atomic mass is 32.2. The largest absolute Gasteiger partial charge is 0.292 e. The number of piperidine rings is 2. The number of nitro benzene ring substituents is 1. The zero-order valence-corrected chi connectivity index (χ0v) is 24.4. The summed E-state index contributed by atoms with van der Waals surface area (Å²) in [5.74, 6) is 0.511. The molecule has 2 heterocycles. The molecule has 2 aliphatic heterocycles. The molecular weight excluding hydrogens is 560 g/mol. The monoisotopic (exact) mass is 597 g/mol. The van der Waals surface area contributed by atoms with E-state index in [1.165, 1.54) is 52.8 Å². The van der Waals surface area contributed by atoms with Gasteiger partial charge in [-0.3, -0.25) is 15.0 Å². The van der Waals surface area contributed by atoms with Crippen LogP contribution < -0.4 is 0 Å². The second-order valence-electron chi connectivity index (χ2n) is 11.5. The summed E-state index contributed by atoms with van der Waals surface area (Å²) in [7, 11) is -3.91. The second kappa shape index (κ2) is 13.4. The number of hydrogen-bond donors (Lipinski definition) is 0. The molecule has 7 nitrogen and oxygen atoms in total. The van der Waals surface area contributed by atoms with Crippen LogP contribution in [0.1, 0.15) is 62.1 Å². The van der Waals surface area contributed by atoms with Crippen LogP contribution in [0.5, 0.6) is 0 Å². The Bertz CT molecular complexity index is 1410. The Labute approximate surface area is 246 Å². The molecule has 0 atom stereocenters. The fourth-order valence-corrected chi connectivity index (χ4v) is 8.13. The molecule has 42 heavy (non-hydrogen) atoms. The van der Waals surface area contributed by atoms with E-state index in [1.54, 1.807) is 0 Å². The average molecular weight is 598 g/mol. The molecule has 5 rings (SSSR count). The van der Waals surface area contributed by atoms with Crippen molar-refractivity contribution in [1.82, 2.24) is 9.21 Å². The first-order valence-electron chi connectivity index (χ1n) is 14.7. The molecule has 0 amide bonds. The van der Waals surface area contributed by atoms with Gasteiger partial charge in [0.2, 0.25) is 10.0 Å². The first kappa shape index (κ1) is 30.3. The summed E-state index contributed by atoms with van der Waals surface area (Å²) < 4.78 is 54.8. The van der Waals surface area contributed by atoms with Crippen LogP contribution in [0, 0.1) is 33.6 Å². The summed E-state index contributed by atoms with van der Waals surface area (Å²) in [4.78, 5) is 12.9. The summed E-state index contributed by atoms with van der Waals surface area (Å²) in [6.07, 6.45) is 6.90. The summed E-state index contributed by atoms with van der Waals surface area (Å²) >= 11 is 0. The zero-order chi connectivity index (χ0) is 29.7. The Kier molecular flexibility index (Phi) is 9.65. The van der Waals surface area contributed by atoms with Crippen molar-refractivity contribution in [2.45, 2.75) is 55.9 Å². The lowest BCUT2D eigenvalue weighted by Gasteiger charge is -2.38. The first-order valence-corrected chi connectivity index (χ1v) is 16.1. The van der Waals surface area contributed by atoms with Crippen LogP contribution in [0.2, 0.25) is 0 Å². The van der Waals surface area contributed by atoms with Crippen LogP contribution in [-0.4, -0.2) is 48.7 Å². The van der Waals surface area contributed by atoms with Gasteiger partial charge in [-0.2, -0.15) is 4.31 Å². The summed E-state index contributed by atoms with van der Waals surface area (Å²) in [6, 6.07) is 18.6. The maximum Gasteiger partial charge on any atom is 0.289 e. The average Bonchev–Trinajstić information content (AvgIpc) is 3.00. The van der Waals surface area contributed by atoms with E-state index in [9.17, 15) is 27.3 Å². The number of nitro groups is 1. The van der Waals surface area contributed by atoms with E-state index in [0.29, 0.717) is 24.9 Å². The molecular formula is C32H37F2N3O4S. The summed E-state index contributed by atoms with van der Waals surface area (Å²) in [5.41, 5.74) is 1.61. The van der Waals surface area contributed by atoms with E-state index in [0.717, 1.165) is 69.2 Å². The van der Waals surface area contributed by atoms with Crippen LogP contribution in [-0.2, 0) is 10.0 Å². The highest BCUT2D eigenvalue weighted by Gasteiger charge is 2.34. The topological polar surface area (TPSA) is 83.8 Å². The molecule has 2 aliphatic rings. The smallest absolute Gasteiger partial charge is 0.289 e. The van der Waals surface area contributed by atoms with Crippen molar-refractivity contribution in [3.8, 4) is 0 Å². The van der Waals surface area contributed by atoms with Crippen LogP contribution >= 0.6 is 0 Å². The lowest BCUT2D eigenvalue weighted by atomic mass is 9.86. The van der Waals surface area contributed by atoms with Gasteiger partial charge in [0.15, 0.2) is 4.90 Å². The van der Waals surface area contributed by atoms with Crippen molar-refractivity contribution in [2.75, 3.05) is 26.2 Å². The summed E-state index contributed by atoms with van der Waals surface area (Å²) in [6.45, 7) is 2.58. The van der Waals surface area contributed by atoms with Gasteiger partial charge in [0.25, 0.3) is 5.69 Å². The predicted molar refractivity (Wildman–Crippen MR) is 157 cm³/mol. The Morgan fingerprint density at radius 2 is 1.24 bits per heavy atom. The highest BCUT2D eigenvalue weighted by molar-refractivity contribution is 7.89. The van der Waals surface area contributed by atoms with Gasteiger partial charge < -0.3 is 0 Å². The van der Waals surface area contributed by atoms with E-state index in [4.69, 9.17) is 0 Å². The van der Waals surface area contributed by atoms with E-state index >= 15 is 0 Å². The van der Waals surface area contributed by atoms with Crippen molar-refractivity contribution in [2.24, 2.45) is 11.8 Å². The van der Waals surface area contributed by atoms with Crippen LogP contribution in [0.3, 0.4) is 0 Å². The van der Waals surface area contributed by atoms with Crippen molar-refractivity contribution in [1.29, 1.82) is 0 Å². The number of para-hydroxylation sites is 1. The normalized spacial score (nSPS) is 18.0. The van der Waals surface area contributed by atoms with Gasteiger partial charge in [-0.05, 0) is 92.1 Å². The molecule has 0 N–H and O–H groups in total. The minimum Gasteiger partial charge on any atom is -0.292 e. The minimum absolute atomic E-state index is 0.0501. The van der Waals surface area contributed by atoms with Gasteiger partial charge in [0.05, 0.1) is 11.0 Å². The predicted octanol–water partition coefficient (Wildman–Crippen LogP) is 6.95. The Morgan fingerprint density at radius 3 is 1.74 bits per heavy atom. The van der Waals surface area contributed by atoms with Gasteiger partial charge in [-0.15, -0.1) is 0 Å². The zero-order valence-electron chi connectivity index (χ0n) is 23.6. The number of hydrogen-bond acceptors (Lipinski definition) is 5. The fraction of sp³-hybridized carbons (Fsp3) is 0.438. The van der Waals surface area contributed by atoms with E-state index in [2.05, 4.69) is 4.90 Å². The van der Waals surface area contributed by atoms with Gasteiger partial charge >= 0.3 is 0 Å². The number of rotatable bonds is 10. The van der Waals surface area contributed by atoms with Crippen LogP contribution in [0.25, 0.3) is 0 Å². The summed E-state index contributed by atoms with van der Waals surface area (Å²) in [5, 5.41) is 11.4. The third-order valence-electron chi connectivity index (χ3n) is 8.86. The standard InChI is InChI=1S/C32H37F2N3O4S/c33-28-12-8-26(9-13-28)32(27-10-14-29(34)15-11-27)35-20-16-24(17-21-35)4-3-5-25-18-22-36(23-19-25)42(40,41)31-7-2-1-6-30(31)37(38)39/h1-2,6-15,24-25,32H,3-5,16-23H2. The minimum atomic E-state index is -3.91. The molecule has 3 aromatic rings. The van der Waals surface area contributed by atoms with Gasteiger partial charge in [0.1, 0.15) is 11.6 Å². The lowest BCUT2D eigenvalue weighted by molar-refractivity contribution is -0.387. The van der Waals surface area contributed by atoms with Crippen molar-refractivity contribution < 1.29 is 22.1 Å². The lowest BCUT2D eigenvalue weighted by Crippen LogP contribution is -2.38.